The van der Waals surface area contributed by atoms with E-state index in [0.717, 1.165) is 16.4 Å². The van der Waals surface area contributed by atoms with Gasteiger partial charge in [0.15, 0.2) is 11.0 Å². The Bertz CT molecular complexity index is 1770. The van der Waals surface area contributed by atoms with Crippen LogP contribution >= 0.6 is 0 Å². The van der Waals surface area contributed by atoms with Crippen LogP contribution in [0.15, 0.2) is 58.3 Å². The highest BCUT2D eigenvalue weighted by Crippen LogP contribution is 2.38. The molecule has 0 unspecified atom stereocenters. The predicted molar refractivity (Wildman–Crippen MR) is 146 cm³/mol. The second kappa shape index (κ2) is 11.1. The van der Waals surface area contributed by atoms with Crippen LogP contribution in [0, 0.1) is 0 Å². The number of hydrogen-bond acceptors (Lipinski definition) is 10. The van der Waals surface area contributed by atoms with E-state index in [9.17, 15) is 34.8 Å². The van der Waals surface area contributed by atoms with Crippen LogP contribution in [0.3, 0.4) is 0 Å². The second-order valence-corrected chi connectivity index (χ2v) is 12.1. The van der Waals surface area contributed by atoms with Crippen molar-refractivity contribution >= 4 is 38.4 Å². The van der Waals surface area contributed by atoms with E-state index in [1.165, 1.54) is 41.6 Å². The summed E-state index contributed by atoms with van der Waals surface area (Å²) < 4.78 is 114. The van der Waals surface area contributed by atoms with E-state index in [-0.39, 0.29) is 79.9 Å². The summed E-state index contributed by atoms with van der Waals surface area (Å²) >= 11 is 0. The molecule has 2 fully saturated rings. The number of piperazine rings is 2. The molecule has 0 saturated carbocycles. The van der Waals surface area contributed by atoms with Gasteiger partial charge in [0.2, 0.25) is 10.0 Å². The molecule has 11 nitrogen and oxygen atoms in total. The molecule has 234 valence electrons. The normalized spacial score (nSPS) is 17.5. The van der Waals surface area contributed by atoms with E-state index in [1.54, 1.807) is 4.90 Å². The minimum atomic E-state index is -4.61. The van der Waals surface area contributed by atoms with E-state index in [0.29, 0.717) is 5.69 Å². The predicted octanol–water partition coefficient (Wildman–Crippen LogP) is 3.89. The van der Waals surface area contributed by atoms with E-state index < -0.39 is 33.5 Å². The summed E-state index contributed by atoms with van der Waals surface area (Å²) in [5.74, 6) is -0.422. The third kappa shape index (κ3) is 5.47. The number of benzene rings is 1. The maximum absolute atomic E-state index is 13.7. The van der Waals surface area contributed by atoms with E-state index in [4.69, 9.17) is 4.63 Å². The molecule has 2 aliphatic rings. The van der Waals surface area contributed by atoms with Gasteiger partial charge in [-0.05, 0) is 46.7 Å². The number of nitrogens with zero attached hydrogens (tertiary/aromatic N) is 8. The fraction of sp³-hybridized carbons (Fsp3) is 0.385. The van der Waals surface area contributed by atoms with Crippen molar-refractivity contribution in [3.63, 3.8) is 0 Å². The number of pyridine rings is 2. The van der Waals surface area contributed by atoms with Crippen LogP contribution < -0.4 is 14.7 Å². The van der Waals surface area contributed by atoms with Crippen molar-refractivity contribution in [3.8, 4) is 0 Å². The van der Waals surface area contributed by atoms with Gasteiger partial charge in [-0.2, -0.15) is 30.6 Å². The maximum atomic E-state index is 13.7. The van der Waals surface area contributed by atoms with Gasteiger partial charge in [0.1, 0.15) is 16.5 Å². The Morgan fingerprint density at radius 3 is 1.64 bits per heavy atom. The number of fused-ring (bicyclic) bond motifs is 1. The molecule has 0 amide bonds. The van der Waals surface area contributed by atoms with Crippen LogP contribution in [0.5, 0.6) is 0 Å². The zero-order valence-corrected chi connectivity index (χ0v) is 23.6. The van der Waals surface area contributed by atoms with Crippen LogP contribution in [-0.2, 0) is 22.4 Å². The van der Waals surface area contributed by atoms with Gasteiger partial charge >= 0.3 is 12.4 Å². The molecule has 0 radical (unpaired) electrons. The zero-order valence-electron chi connectivity index (χ0n) is 22.8. The summed E-state index contributed by atoms with van der Waals surface area (Å²) in [6, 6.07) is 7.23. The highest BCUT2D eigenvalue weighted by atomic mass is 32.2. The maximum Gasteiger partial charge on any atom is 0.419 e. The van der Waals surface area contributed by atoms with Gasteiger partial charge in [0, 0.05) is 64.8 Å². The Hall–Kier alpha value is -4.19. The number of anilines is 3. The standard InChI is InChI=1S/C26H24F6N8O3S/c27-25(28,29)17-3-1-7-33-23(17)38-11-9-37(10-12-38)19-5-6-20(22-21(19)35-43-36-22)44(41,42)40-15-13-39(14-16-40)24-18(26(30,31)32)4-2-8-34-24/h1-8H,9-16H2. The quantitative estimate of drug-likeness (QED) is 0.298. The van der Waals surface area contributed by atoms with E-state index in [1.807, 2.05) is 4.90 Å². The number of halogens is 6. The van der Waals surface area contributed by atoms with Gasteiger partial charge < -0.3 is 14.7 Å². The molecular formula is C26H24F6N8O3S. The van der Waals surface area contributed by atoms with Crippen LogP contribution in [0.1, 0.15) is 11.1 Å². The summed E-state index contributed by atoms with van der Waals surface area (Å²) in [5, 5.41) is 7.74. The van der Waals surface area contributed by atoms with Crippen LogP contribution in [0.4, 0.5) is 43.7 Å². The summed E-state index contributed by atoms with van der Waals surface area (Å²) in [6.45, 7) is 0.768. The summed E-state index contributed by atoms with van der Waals surface area (Å²) in [7, 11) is -4.15. The fourth-order valence-electron chi connectivity index (χ4n) is 5.47. The first-order valence-corrected chi connectivity index (χ1v) is 14.8. The summed E-state index contributed by atoms with van der Waals surface area (Å²) in [4.78, 5) is 12.4. The lowest BCUT2D eigenvalue weighted by Gasteiger charge is -2.37. The van der Waals surface area contributed by atoms with Gasteiger partial charge in [-0.15, -0.1) is 0 Å². The average Bonchev–Trinajstić information content (AvgIpc) is 3.50. The molecule has 5 heterocycles. The van der Waals surface area contributed by atoms with E-state index in [2.05, 4.69) is 20.3 Å². The smallest absolute Gasteiger partial charge is 0.366 e. The van der Waals surface area contributed by atoms with Crippen LogP contribution in [0.25, 0.3) is 11.0 Å². The topological polar surface area (TPSA) is 112 Å². The average molecular weight is 643 g/mol. The van der Waals surface area contributed by atoms with Gasteiger partial charge in [-0.25, -0.2) is 23.0 Å². The van der Waals surface area contributed by atoms with Crippen LogP contribution in [-0.4, -0.2) is 85.4 Å². The fourth-order valence-corrected chi connectivity index (χ4v) is 7.01. The lowest BCUT2D eigenvalue weighted by atomic mass is 10.2. The SMILES string of the molecule is O=S(=O)(c1ccc(N2CCN(c3ncccc3C(F)(F)F)CC2)c2nonc12)N1CCN(c2ncccc2C(F)(F)F)CC1. The number of sulfonamides is 1. The first-order chi connectivity index (χ1) is 20.9. The minimum Gasteiger partial charge on any atom is -0.366 e. The monoisotopic (exact) mass is 642 g/mol. The summed E-state index contributed by atoms with van der Waals surface area (Å²) in [6.07, 6.45) is -6.62. The highest BCUT2D eigenvalue weighted by molar-refractivity contribution is 7.89. The van der Waals surface area contributed by atoms with Crippen molar-refractivity contribution < 1.29 is 39.4 Å². The Labute approximate surface area is 246 Å². The Morgan fingerprint density at radius 2 is 1.11 bits per heavy atom. The Morgan fingerprint density at radius 1 is 0.636 bits per heavy atom. The molecule has 1 aromatic carbocycles. The lowest BCUT2D eigenvalue weighted by Crippen LogP contribution is -2.49. The molecule has 4 aromatic rings. The molecule has 44 heavy (non-hydrogen) atoms. The molecule has 0 spiro atoms. The van der Waals surface area contributed by atoms with E-state index >= 15 is 0 Å². The molecule has 3 aromatic heterocycles. The van der Waals surface area contributed by atoms with Gasteiger partial charge in [0.05, 0.1) is 16.8 Å². The molecule has 18 heteroatoms. The number of aromatic nitrogens is 4. The van der Waals surface area contributed by atoms with Crippen molar-refractivity contribution in [2.45, 2.75) is 17.2 Å². The highest BCUT2D eigenvalue weighted by Gasteiger charge is 2.39. The van der Waals surface area contributed by atoms with Crippen molar-refractivity contribution in [2.75, 3.05) is 67.1 Å². The minimum absolute atomic E-state index is 0.0196. The third-order valence-electron chi connectivity index (χ3n) is 7.62. The molecule has 2 aliphatic heterocycles. The van der Waals surface area contributed by atoms with Crippen molar-refractivity contribution in [1.82, 2.24) is 24.6 Å². The first-order valence-electron chi connectivity index (χ1n) is 13.4. The molecule has 0 aliphatic carbocycles. The molecule has 2 saturated heterocycles. The number of alkyl halides is 6. The second-order valence-electron chi connectivity index (χ2n) is 10.2. The molecule has 0 N–H and O–H groups in total. The van der Waals surface area contributed by atoms with Gasteiger partial charge in [-0.3, -0.25) is 0 Å². The largest absolute Gasteiger partial charge is 0.419 e. The Kier molecular flexibility index (Phi) is 7.51. The lowest BCUT2D eigenvalue weighted by molar-refractivity contribution is -0.138. The molecule has 0 bridgehead atoms. The summed E-state index contributed by atoms with van der Waals surface area (Å²) in [5.41, 5.74) is -1.09. The first kappa shape index (κ1) is 29.9. The number of hydrogen-bond donors (Lipinski definition) is 0. The van der Waals surface area contributed by atoms with Crippen molar-refractivity contribution in [3.05, 3.63) is 59.9 Å². The van der Waals surface area contributed by atoms with Crippen molar-refractivity contribution in [2.24, 2.45) is 0 Å². The molecular weight excluding hydrogens is 618 g/mol. The van der Waals surface area contributed by atoms with Gasteiger partial charge in [0.25, 0.3) is 0 Å². The third-order valence-corrected chi connectivity index (χ3v) is 9.55. The van der Waals surface area contributed by atoms with Crippen LogP contribution in [0.2, 0.25) is 0 Å². The van der Waals surface area contributed by atoms with Crippen molar-refractivity contribution in [1.29, 1.82) is 0 Å². The zero-order chi connectivity index (χ0) is 31.3. The van der Waals surface area contributed by atoms with Gasteiger partial charge in [-0.1, -0.05) is 0 Å². The Balaban J connectivity index is 1.19. The molecule has 0 atom stereocenters. The number of rotatable bonds is 5. The molecule has 6 rings (SSSR count).